The second kappa shape index (κ2) is 45.2. The molecule has 0 aliphatic carbocycles. The van der Waals surface area contributed by atoms with Crippen LogP contribution in [0.15, 0.2) is 369 Å². The summed E-state index contributed by atoms with van der Waals surface area (Å²) in [7, 11) is 7.31. The number of hydrogen-bond donors (Lipinski definition) is 2. The van der Waals surface area contributed by atoms with E-state index in [4.69, 9.17) is 9.47 Å². The summed E-state index contributed by atoms with van der Waals surface area (Å²) in [6, 6.07) is 125. The largest absolute Gasteiger partial charge is 0.497 e. The quantitative estimate of drug-likeness (QED) is 0.106. The standard InChI is InChI=1S/C14H15N.C14H14O.C14H14S.C14H14.C7H9N.C7H8O.C7H8S.C7H8/c3*1-15-14(12-8-4-2-5-9-12)13-10-6-3-7-11-13;1-12(13-8-4-2-5-9-13)14-10-6-3-7-11-14;3*1-8-7-5-3-2-4-6-7;1-7-5-3-2-4-6-7/h2-11,14-15H,1H3;2*2-11,14H,1H3;2-12H,1H3;2-6,8H,1H3;2*2-6H,1H3;2-6H,1H3. The van der Waals surface area contributed by atoms with Gasteiger partial charge >= 0.3 is 0 Å². The van der Waals surface area contributed by atoms with Crippen LogP contribution in [0.3, 0.4) is 0 Å². The molecule has 4 nitrogen and oxygen atoms in total. The summed E-state index contributed by atoms with van der Waals surface area (Å²) in [6.45, 7) is 4.32. The van der Waals surface area contributed by atoms with Crippen molar-refractivity contribution in [3.8, 4) is 5.75 Å². The van der Waals surface area contributed by atoms with Gasteiger partial charge in [0.1, 0.15) is 11.9 Å². The highest BCUT2D eigenvalue weighted by molar-refractivity contribution is 7.99. The fourth-order valence-corrected chi connectivity index (χ4v) is 10.5. The summed E-state index contributed by atoms with van der Waals surface area (Å²) < 4.78 is 10.4. The van der Waals surface area contributed by atoms with Crippen molar-refractivity contribution in [1.29, 1.82) is 0 Å². The number of aryl methyl sites for hydroxylation is 1. The Morgan fingerprint density at radius 3 is 0.833 bits per heavy atom. The van der Waals surface area contributed by atoms with Gasteiger partial charge in [-0.3, -0.25) is 0 Å². The molecule has 0 unspecified atom stereocenters. The van der Waals surface area contributed by atoms with Crippen LogP contribution in [-0.2, 0) is 4.74 Å². The second-order valence-corrected chi connectivity index (χ2v) is 22.1. The number of hydrogen-bond acceptors (Lipinski definition) is 6. The monoisotopic (exact) mass is 1220 g/mol. The molecule has 12 rings (SSSR count). The third kappa shape index (κ3) is 27.9. The van der Waals surface area contributed by atoms with Crippen molar-refractivity contribution in [3.05, 3.63) is 414 Å². The lowest BCUT2D eigenvalue weighted by Gasteiger charge is -2.16. The highest BCUT2D eigenvalue weighted by Crippen LogP contribution is 2.33. The molecule has 0 saturated carbocycles. The summed E-state index contributed by atoms with van der Waals surface area (Å²) in [5.41, 5.74) is 12.9. The van der Waals surface area contributed by atoms with E-state index in [0.29, 0.717) is 11.2 Å². The Hall–Kier alpha value is -9.14. The van der Waals surface area contributed by atoms with Gasteiger partial charge in [0.2, 0.25) is 0 Å². The molecule has 0 fully saturated rings. The highest BCUT2D eigenvalue weighted by atomic mass is 32.2. The fraction of sp³-hybridized carbons (Fsp3) is 0.143. The lowest BCUT2D eigenvalue weighted by Crippen LogP contribution is -2.17. The Labute approximate surface area is 548 Å². The zero-order valence-corrected chi connectivity index (χ0v) is 55.2. The van der Waals surface area contributed by atoms with Crippen LogP contribution in [0.1, 0.15) is 80.3 Å². The van der Waals surface area contributed by atoms with E-state index in [0.717, 1.165) is 11.4 Å². The molecule has 0 amide bonds. The molecule has 12 aromatic rings. The Morgan fingerprint density at radius 1 is 0.322 bits per heavy atom. The van der Waals surface area contributed by atoms with Crippen molar-refractivity contribution in [2.45, 2.75) is 42.1 Å². The molecular formula is C84H90N2O2S2. The van der Waals surface area contributed by atoms with E-state index in [9.17, 15) is 0 Å². The number of rotatable bonds is 14. The molecule has 0 heterocycles. The number of benzene rings is 12. The minimum absolute atomic E-state index is 0.0346. The summed E-state index contributed by atoms with van der Waals surface area (Å²) >= 11 is 3.64. The zero-order chi connectivity index (χ0) is 63.9. The molecule has 0 spiro atoms. The number of methoxy groups -OCH3 is 2. The highest BCUT2D eigenvalue weighted by Gasteiger charge is 2.13. The van der Waals surface area contributed by atoms with E-state index in [-0.39, 0.29) is 12.1 Å². The van der Waals surface area contributed by atoms with E-state index in [2.05, 4.69) is 255 Å². The van der Waals surface area contributed by atoms with Gasteiger partial charge in [0.25, 0.3) is 0 Å². The van der Waals surface area contributed by atoms with E-state index in [1.54, 1.807) is 26.0 Å². The number of ether oxygens (including phenoxy) is 2. The van der Waals surface area contributed by atoms with Gasteiger partial charge in [-0.25, -0.2) is 0 Å². The molecule has 0 bridgehead atoms. The Morgan fingerprint density at radius 2 is 0.600 bits per heavy atom. The van der Waals surface area contributed by atoms with Crippen molar-refractivity contribution < 1.29 is 9.47 Å². The van der Waals surface area contributed by atoms with Crippen molar-refractivity contribution in [1.82, 2.24) is 5.32 Å². The summed E-state index contributed by atoms with van der Waals surface area (Å²) in [5, 5.41) is 6.81. The molecule has 0 atom stereocenters. The first-order chi connectivity index (χ1) is 44.3. The van der Waals surface area contributed by atoms with E-state index in [1.807, 2.05) is 171 Å². The maximum Gasteiger partial charge on any atom is 0.118 e. The first kappa shape index (κ1) is 71.6. The van der Waals surface area contributed by atoms with E-state index >= 15 is 0 Å². The third-order valence-corrected chi connectivity index (χ3v) is 15.8. The van der Waals surface area contributed by atoms with Gasteiger partial charge in [-0.1, -0.05) is 340 Å². The maximum atomic E-state index is 5.52. The van der Waals surface area contributed by atoms with Crippen LogP contribution in [-0.4, -0.2) is 40.8 Å². The topological polar surface area (TPSA) is 42.5 Å². The normalized spacial score (nSPS) is 9.91. The number of anilines is 1. The predicted octanol–water partition coefficient (Wildman–Crippen LogP) is 22.2. The average molecular weight is 1220 g/mol. The zero-order valence-electron chi connectivity index (χ0n) is 53.6. The molecule has 0 aromatic heterocycles. The molecule has 0 saturated heterocycles. The molecule has 12 aromatic carbocycles. The molecule has 0 aliphatic heterocycles. The minimum atomic E-state index is 0.0346. The molecule has 2 N–H and O–H groups in total. The van der Waals surface area contributed by atoms with Crippen molar-refractivity contribution in [2.24, 2.45) is 0 Å². The fourth-order valence-electron chi connectivity index (χ4n) is 9.19. The van der Waals surface area contributed by atoms with Gasteiger partial charge in [-0.05, 0) is 107 Å². The van der Waals surface area contributed by atoms with Gasteiger partial charge in [0.05, 0.1) is 18.4 Å². The number of thioether (sulfide) groups is 2. The SMILES string of the molecule is CC(c1ccccc1)c1ccccc1.CNC(c1ccccc1)c1ccccc1.CNc1ccccc1.COC(c1ccccc1)c1ccccc1.COc1ccccc1.CSC(c1ccccc1)c1ccccc1.CSc1ccccc1.Cc1ccccc1. The van der Waals surface area contributed by atoms with Gasteiger partial charge in [-0.2, -0.15) is 11.8 Å². The van der Waals surface area contributed by atoms with Gasteiger partial charge < -0.3 is 20.1 Å². The van der Waals surface area contributed by atoms with Crippen LogP contribution in [0.5, 0.6) is 5.75 Å². The van der Waals surface area contributed by atoms with Crippen LogP contribution < -0.4 is 15.4 Å². The molecule has 0 aliphatic rings. The van der Waals surface area contributed by atoms with Crippen molar-refractivity contribution in [3.63, 3.8) is 0 Å². The average Bonchev–Trinajstić information content (AvgIpc) is 3.76. The summed E-state index contributed by atoms with van der Waals surface area (Å²) in [4.78, 5) is 1.33. The van der Waals surface area contributed by atoms with Crippen LogP contribution in [0.4, 0.5) is 5.69 Å². The number of nitrogens with one attached hydrogen (secondary N) is 2. The minimum Gasteiger partial charge on any atom is -0.497 e. The molecular weight excluding hydrogens is 1130 g/mol. The van der Waals surface area contributed by atoms with Gasteiger partial charge in [0.15, 0.2) is 0 Å². The maximum absolute atomic E-state index is 5.52. The predicted molar refractivity (Wildman–Crippen MR) is 393 cm³/mol. The smallest absolute Gasteiger partial charge is 0.118 e. The van der Waals surface area contributed by atoms with Gasteiger partial charge in [0, 0.05) is 30.7 Å². The lowest BCUT2D eigenvalue weighted by molar-refractivity contribution is 0.136. The first-order valence-electron chi connectivity index (χ1n) is 30.4. The first-order valence-corrected chi connectivity index (χ1v) is 32.9. The molecule has 6 heteroatoms. The molecule has 90 heavy (non-hydrogen) atoms. The lowest BCUT2D eigenvalue weighted by atomic mass is 9.93. The number of para-hydroxylation sites is 2. The van der Waals surface area contributed by atoms with Crippen LogP contribution in [0, 0.1) is 6.92 Å². The van der Waals surface area contributed by atoms with Crippen LogP contribution >= 0.6 is 23.5 Å². The Kier molecular flexibility index (Phi) is 35.9. The molecule has 460 valence electrons. The van der Waals surface area contributed by atoms with Crippen LogP contribution in [0.25, 0.3) is 0 Å². The van der Waals surface area contributed by atoms with E-state index < -0.39 is 0 Å². The van der Waals surface area contributed by atoms with Crippen molar-refractivity contribution >= 4 is 29.2 Å². The summed E-state index contributed by atoms with van der Waals surface area (Å²) in [6.07, 6.45) is 4.27. The third-order valence-electron chi connectivity index (χ3n) is 14.0. The summed E-state index contributed by atoms with van der Waals surface area (Å²) in [5.74, 6) is 1.39. The second-order valence-electron chi connectivity index (χ2n) is 20.3. The van der Waals surface area contributed by atoms with Crippen LogP contribution in [0.2, 0.25) is 0 Å². The van der Waals surface area contributed by atoms with E-state index in [1.165, 1.54) is 55.0 Å². The van der Waals surface area contributed by atoms with Gasteiger partial charge in [-0.15, -0.1) is 11.8 Å². The Balaban J connectivity index is 0.000000190. The molecule has 0 radical (unpaired) electrons. The van der Waals surface area contributed by atoms with Crippen molar-refractivity contribution in [2.75, 3.05) is 46.1 Å². The Bertz CT molecular complexity index is 3100.